The first-order chi connectivity index (χ1) is 13.4. The first-order valence-corrected chi connectivity index (χ1v) is 11.6. The highest BCUT2D eigenvalue weighted by Crippen LogP contribution is 2.24. The van der Waals surface area contributed by atoms with Crippen molar-refractivity contribution in [1.29, 1.82) is 0 Å². The molecule has 2 aliphatic heterocycles. The second-order valence-corrected chi connectivity index (χ2v) is 8.79. The predicted octanol–water partition coefficient (Wildman–Crippen LogP) is 3.92. The van der Waals surface area contributed by atoms with E-state index in [4.69, 9.17) is 0 Å². The molecule has 0 radical (unpaired) electrons. The predicted molar refractivity (Wildman–Crippen MR) is 117 cm³/mol. The number of hydrogen-bond acceptors (Lipinski definition) is 4. The van der Waals surface area contributed by atoms with Crippen molar-refractivity contribution in [1.82, 2.24) is 20.4 Å². The molecule has 28 heavy (non-hydrogen) atoms. The number of thioether (sulfide) groups is 2. The van der Waals surface area contributed by atoms with Crippen molar-refractivity contribution in [2.45, 2.75) is 37.7 Å². The van der Waals surface area contributed by atoms with Crippen LogP contribution in [0.4, 0.5) is 9.59 Å². The highest BCUT2D eigenvalue weighted by molar-refractivity contribution is 7.99. The summed E-state index contributed by atoms with van der Waals surface area (Å²) in [6.07, 6.45) is 7.79. The van der Waals surface area contributed by atoms with Gasteiger partial charge >= 0.3 is 12.1 Å². The Labute approximate surface area is 174 Å². The third-order valence-electron chi connectivity index (χ3n) is 4.85. The van der Waals surface area contributed by atoms with Crippen LogP contribution in [-0.2, 0) is 13.1 Å². The molecule has 1 aromatic rings. The highest BCUT2D eigenvalue weighted by Gasteiger charge is 2.26. The van der Waals surface area contributed by atoms with Crippen LogP contribution < -0.4 is 10.6 Å². The van der Waals surface area contributed by atoms with Crippen LogP contribution in [0.1, 0.15) is 25.0 Å². The lowest BCUT2D eigenvalue weighted by molar-refractivity contribution is 0.207. The first-order valence-electron chi connectivity index (χ1n) is 9.06. The molecule has 3 rings (SSSR count). The molecule has 0 bridgehead atoms. The fraction of sp³-hybridized carbons (Fsp3) is 0.400. The van der Waals surface area contributed by atoms with Crippen molar-refractivity contribution in [3.05, 3.63) is 58.9 Å². The molecule has 8 heteroatoms. The molecule has 0 fully saturated rings. The fourth-order valence-electron chi connectivity index (χ4n) is 3.32. The number of nitrogens with one attached hydrogen (secondary N) is 2. The Morgan fingerprint density at radius 3 is 1.57 bits per heavy atom. The second kappa shape index (κ2) is 8.96. The molecule has 2 heterocycles. The molecule has 6 nitrogen and oxygen atoms in total. The number of carbonyl (C=O) groups is 2. The van der Waals surface area contributed by atoms with Crippen LogP contribution >= 0.6 is 23.5 Å². The minimum absolute atomic E-state index is 0.0218. The Morgan fingerprint density at radius 2 is 1.21 bits per heavy atom. The smallest absolute Gasteiger partial charge is 0.322 e. The quantitative estimate of drug-likeness (QED) is 0.735. The van der Waals surface area contributed by atoms with Gasteiger partial charge in [-0.1, -0.05) is 24.3 Å². The topological polar surface area (TPSA) is 64.7 Å². The maximum Gasteiger partial charge on any atom is 0.322 e. The van der Waals surface area contributed by atoms with Gasteiger partial charge in [0.15, 0.2) is 0 Å². The lowest BCUT2D eigenvalue weighted by atomic mass is 10.1. The summed E-state index contributed by atoms with van der Waals surface area (Å²) < 4.78 is 0. The van der Waals surface area contributed by atoms with E-state index >= 15 is 0 Å². The van der Waals surface area contributed by atoms with E-state index in [0.29, 0.717) is 13.1 Å². The molecule has 150 valence electrons. The summed E-state index contributed by atoms with van der Waals surface area (Å²) in [4.78, 5) is 28.3. The van der Waals surface area contributed by atoms with Gasteiger partial charge in [0.2, 0.25) is 0 Å². The van der Waals surface area contributed by atoms with Crippen molar-refractivity contribution >= 4 is 35.6 Å². The molecule has 2 unspecified atom stereocenters. The van der Waals surface area contributed by atoms with E-state index in [-0.39, 0.29) is 22.8 Å². The third kappa shape index (κ3) is 4.50. The molecule has 0 spiro atoms. The normalized spacial score (nSPS) is 22.4. The summed E-state index contributed by atoms with van der Waals surface area (Å²) in [6.45, 7) is 4.97. The van der Waals surface area contributed by atoms with Crippen LogP contribution in [0, 0.1) is 0 Å². The number of urea groups is 2. The van der Waals surface area contributed by atoms with Crippen LogP contribution in [-0.4, -0.2) is 45.1 Å². The molecule has 2 N–H and O–H groups in total. The summed E-state index contributed by atoms with van der Waals surface area (Å²) in [5, 5.41) is 6.06. The van der Waals surface area contributed by atoms with Crippen molar-refractivity contribution in [3.8, 4) is 0 Å². The Bertz CT molecular complexity index is 757. The summed E-state index contributed by atoms with van der Waals surface area (Å²) >= 11 is 3.22. The van der Waals surface area contributed by atoms with Crippen molar-refractivity contribution in [2.75, 3.05) is 12.5 Å². The number of rotatable bonds is 6. The van der Waals surface area contributed by atoms with E-state index in [1.807, 2.05) is 63.0 Å². The Hall–Kier alpha value is -2.06. The van der Waals surface area contributed by atoms with E-state index in [0.717, 1.165) is 22.3 Å². The van der Waals surface area contributed by atoms with Gasteiger partial charge in [-0.25, -0.2) is 9.59 Å². The van der Waals surface area contributed by atoms with E-state index in [1.165, 1.54) is 0 Å². The van der Waals surface area contributed by atoms with Gasteiger partial charge in [0.25, 0.3) is 0 Å². The molecule has 2 aliphatic rings. The zero-order chi connectivity index (χ0) is 20.3. The van der Waals surface area contributed by atoms with Gasteiger partial charge in [0.1, 0.15) is 0 Å². The van der Waals surface area contributed by atoms with Crippen molar-refractivity contribution < 1.29 is 9.59 Å². The van der Waals surface area contributed by atoms with E-state index in [2.05, 4.69) is 10.6 Å². The first kappa shape index (κ1) is 20.7. The SMILES string of the molecule is CSC1NC(=O)N(Cc2ccccc2CN2C=C(C)C(SC)NC2=O)C=C1C. The van der Waals surface area contributed by atoms with Gasteiger partial charge in [-0.3, -0.25) is 9.80 Å². The van der Waals surface area contributed by atoms with Gasteiger partial charge in [0.05, 0.1) is 23.8 Å². The zero-order valence-electron chi connectivity index (χ0n) is 16.6. The zero-order valence-corrected chi connectivity index (χ0v) is 18.2. The van der Waals surface area contributed by atoms with Gasteiger partial charge in [-0.15, -0.1) is 23.5 Å². The van der Waals surface area contributed by atoms with Crippen LogP contribution in [0.5, 0.6) is 0 Å². The van der Waals surface area contributed by atoms with E-state index in [9.17, 15) is 9.59 Å². The number of hydrogen-bond donors (Lipinski definition) is 2. The van der Waals surface area contributed by atoms with Crippen molar-refractivity contribution in [2.24, 2.45) is 0 Å². The molecule has 4 amide bonds. The molecule has 0 aliphatic carbocycles. The second-order valence-electron chi connectivity index (χ2n) is 6.90. The highest BCUT2D eigenvalue weighted by atomic mass is 32.2. The maximum absolute atomic E-state index is 12.4. The minimum atomic E-state index is -0.103. The molecular weight excluding hydrogens is 392 g/mol. The summed E-state index contributed by atoms with van der Waals surface area (Å²) in [5.41, 5.74) is 4.27. The van der Waals surface area contributed by atoms with Crippen LogP contribution in [0.25, 0.3) is 0 Å². The molecule has 0 saturated carbocycles. The third-order valence-corrected chi connectivity index (χ3v) is 6.77. The lowest BCUT2D eigenvalue weighted by Crippen LogP contribution is -2.46. The van der Waals surface area contributed by atoms with Gasteiger partial charge in [-0.05, 0) is 48.6 Å². The van der Waals surface area contributed by atoms with Crippen LogP contribution in [0.3, 0.4) is 0 Å². The molecule has 1 aromatic carbocycles. The Balaban J connectivity index is 1.79. The van der Waals surface area contributed by atoms with E-state index in [1.54, 1.807) is 33.3 Å². The van der Waals surface area contributed by atoms with Gasteiger partial charge in [0, 0.05) is 12.4 Å². The minimum Gasteiger partial charge on any atom is -0.322 e. The number of amides is 4. The maximum atomic E-state index is 12.4. The number of carbonyl (C=O) groups excluding carboxylic acids is 2. The number of nitrogens with zero attached hydrogens (tertiary/aromatic N) is 2. The molecule has 0 saturated heterocycles. The number of benzene rings is 1. The van der Waals surface area contributed by atoms with Gasteiger partial charge < -0.3 is 10.6 Å². The van der Waals surface area contributed by atoms with E-state index < -0.39 is 0 Å². The average Bonchev–Trinajstić information content (AvgIpc) is 2.68. The summed E-state index contributed by atoms with van der Waals surface area (Å²) in [5.74, 6) is 0. The fourth-order valence-corrected chi connectivity index (χ4v) is 4.62. The Kier molecular flexibility index (Phi) is 6.61. The Morgan fingerprint density at radius 1 is 0.821 bits per heavy atom. The average molecular weight is 419 g/mol. The molecule has 0 aromatic heterocycles. The summed E-state index contributed by atoms with van der Waals surface area (Å²) in [6, 6.07) is 7.74. The standard InChI is InChI=1S/C20H26N4O2S2/c1-13-9-23(19(25)21-17(13)27-3)11-15-7-5-6-8-16(15)12-24-10-14(2)18(28-4)22-20(24)26/h5-10,17-18H,11-12H2,1-4H3,(H,21,25)(H,22,26). The van der Waals surface area contributed by atoms with Crippen LogP contribution in [0.2, 0.25) is 0 Å². The summed E-state index contributed by atoms with van der Waals surface area (Å²) in [7, 11) is 0. The molecule has 2 atom stereocenters. The largest absolute Gasteiger partial charge is 0.322 e. The molecular formula is C20H26N4O2S2. The van der Waals surface area contributed by atoms with Crippen molar-refractivity contribution in [3.63, 3.8) is 0 Å². The monoisotopic (exact) mass is 418 g/mol. The lowest BCUT2D eigenvalue weighted by Gasteiger charge is -2.32. The van der Waals surface area contributed by atoms with Gasteiger partial charge in [-0.2, -0.15) is 0 Å². The van der Waals surface area contributed by atoms with Crippen LogP contribution in [0.15, 0.2) is 47.8 Å².